The van der Waals surface area contributed by atoms with Crippen LogP contribution in [0.4, 0.5) is 5.69 Å². The monoisotopic (exact) mass is 311 g/mol. The molecule has 0 aliphatic heterocycles. The molecule has 0 aliphatic carbocycles. The smallest absolute Gasteiger partial charge is 0.259 e. The van der Waals surface area contributed by atoms with E-state index in [0.717, 1.165) is 11.3 Å². The van der Waals surface area contributed by atoms with Crippen molar-refractivity contribution in [3.8, 4) is 0 Å². The Labute approximate surface area is 130 Å². The van der Waals surface area contributed by atoms with Crippen molar-refractivity contribution >= 4 is 40.0 Å². The molecule has 2 heterocycles. The lowest BCUT2D eigenvalue weighted by Crippen LogP contribution is -2.11. The second-order valence-corrected chi connectivity index (χ2v) is 5.55. The van der Waals surface area contributed by atoms with Crippen LogP contribution in [0.25, 0.3) is 17.1 Å². The minimum Gasteiger partial charge on any atom is -0.326 e. The number of thiazole rings is 1. The summed E-state index contributed by atoms with van der Waals surface area (Å²) >= 11 is 1.41. The minimum absolute atomic E-state index is 0.110. The maximum atomic E-state index is 11.9. The highest BCUT2D eigenvalue weighted by Gasteiger charge is 2.02. The van der Waals surface area contributed by atoms with Gasteiger partial charge in [-0.1, -0.05) is 24.3 Å². The molecule has 2 aromatic heterocycles. The molecule has 0 atom stereocenters. The van der Waals surface area contributed by atoms with Gasteiger partial charge < -0.3 is 5.32 Å². The normalized spacial score (nSPS) is 11.1. The van der Waals surface area contributed by atoms with E-state index in [1.807, 2.05) is 35.7 Å². The Balaban J connectivity index is 1.96. The van der Waals surface area contributed by atoms with E-state index in [1.165, 1.54) is 28.7 Å². The summed E-state index contributed by atoms with van der Waals surface area (Å²) in [7, 11) is 0. The summed E-state index contributed by atoms with van der Waals surface area (Å²) in [6.45, 7) is 1.47. The Kier molecular flexibility index (Phi) is 3.84. The average molecular weight is 311 g/mol. The predicted molar refractivity (Wildman–Crippen MR) is 89.0 cm³/mol. The number of amides is 1. The largest absolute Gasteiger partial charge is 0.326 e. The number of rotatable bonds is 3. The van der Waals surface area contributed by atoms with Gasteiger partial charge in [-0.2, -0.15) is 0 Å². The number of benzene rings is 1. The maximum absolute atomic E-state index is 11.9. The molecule has 0 aliphatic rings. The summed E-state index contributed by atoms with van der Waals surface area (Å²) in [6, 6.07) is 8.93. The third kappa shape index (κ3) is 2.96. The summed E-state index contributed by atoms with van der Waals surface area (Å²) < 4.78 is 1.51. The highest BCUT2D eigenvalue weighted by Crippen LogP contribution is 2.18. The number of nitrogens with one attached hydrogen (secondary N) is 1. The fourth-order valence-electron chi connectivity index (χ4n) is 2.07. The van der Waals surface area contributed by atoms with Crippen LogP contribution in [-0.2, 0) is 4.79 Å². The summed E-state index contributed by atoms with van der Waals surface area (Å²) in [5, 5.41) is 4.59. The second-order valence-electron chi connectivity index (χ2n) is 4.68. The molecule has 1 N–H and O–H groups in total. The van der Waals surface area contributed by atoms with Crippen molar-refractivity contribution in [1.29, 1.82) is 0 Å². The Morgan fingerprint density at radius 2 is 2.14 bits per heavy atom. The van der Waals surface area contributed by atoms with E-state index in [1.54, 1.807) is 12.3 Å². The molecule has 3 rings (SSSR count). The first-order valence-corrected chi connectivity index (χ1v) is 7.53. The minimum atomic E-state index is -0.128. The number of nitrogens with zero attached hydrogens (tertiary/aromatic N) is 2. The van der Waals surface area contributed by atoms with Gasteiger partial charge in [0.1, 0.15) is 0 Å². The third-order valence-electron chi connectivity index (χ3n) is 3.03. The van der Waals surface area contributed by atoms with Gasteiger partial charge >= 0.3 is 0 Å². The SMILES string of the molecule is CC(=O)Nc1ccccc1C=Cc1cc(=O)n2ccsc2n1. The first-order chi connectivity index (χ1) is 10.6. The van der Waals surface area contributed by atoms with E-state index >= 15 is 0 Å². The molecular formula is C16H13N3O2S. The number of carbonyl (C=O) groups excluding carboxylic acids is 1. The summed E-state index contributed by atoms with van der Waals surface area (Å²) in [5.41, 5.74) is 2.05. The van der Waals surface area contributed by atoms with Gasteiger partial charge in [0.05, 0.1) is 5.69 Å². The molecule has 3 aromatic rings. The molecule has 22 heavy (non-hydrogen) atoms. The molecule has 1 amide bonds. The van der Waals surface area contributed by atoms with Crippen LogP contribution in [0.15, 0.2) is 46.7 Å². The third-order valence-corrected chi connectivity index (χ3v) is 3.78. The van der Waals surface area contributed by atoms with Crippen LogP contribution in [0, 0.1) is 0 Å². The number of aromatic nitrogens is 2. The van der Waals surface area contributed by atoms with Gasteiger partial charge in [0.2, 0.25) is 5.91 Å². The van der Waals surface area contributed by atoms with Crippen LogP contribution in [-0.4, -0.2) is 15.3 Å². The molecule has 0 saturated heterocycles. The Morgan fingerprint density at radius 3 is 2.95 bits per heavy atom. The number of hydrogen-bond acceptors (Lipinski definition) is 4. The molecule has 110 valence electrons. The van der Waals surface area contributed by atoms with Crippen LogP contribution in [0.3, 0.4) is 0 Å². The van der Waals surface area contributed by atoms with Crippen molar-refractivity contribution in [1.82, 2.24) is 9.38 Å². The number of anilines is 1. The van der Waals surface area contributed by atoms with E-state index in [4.69, 9.17) is 0 Å². The molecule has 5 nitrogen and oxygen atoms in total. The first kappa shape index (κ1) is 14.2. The van der Waals surface area contributed by atoms with Gasteiger partial charge in [-0.15, -0.1) is 11.3 Å². The topological polar surface area (TPSA) is 63.5 Å². The van der Waals surface area contributed by atoms with Crippen LogP contribution in [0.1, 0.15) is 18.2 Å². The number of fused-ring (bicyclic) bond motifs is 1. The molecule has 0 radical (unpaired) electrons. The molecular weight excluding hydrogens is 298 g/mol. The highest BCUT2D eigenvalue weighted by atomic mass is 32.1. The van der Waals surface area contributed by atoms with Gasteiger partial charge in [0.15, 0.2) is 4.96 Å². The van der Waals surface area contributed by atoms with E-state index in [9.17, 15) is 9.59 Å². The van der Waals surface area contributed by atoms with E-state index in [0.29, 0.717) is 10.7 Å². The van der Waals surface area contributed by atoms with Crippen molar-refractivity contribution in [2.45, 2.75) is 6.92 Å². The van der Waals surface area contributed by atoms with Crippen molar-refractivity contribution in [2.24, 2.45) is 0 Å². The van der Waals surface area contributed by atoms with Crippen molar-refractivity contribution in [3.05, 3.63) is 63.5 Å². The van der Waals surface area contributed by atoms with Crippen LogP contribution in [0.5, 0.6) is 0 Å². The molecule has 0 spiro atoms. The Bertz CT molecular complexity index is 924. The number of hydrogen-bond donors (Lipinski definition) is 1. The van der Waals surface area contributed by atoms with Crippen molar-refractivity contribution < 1.29 is 4.79 Å². The predicted octanol–water partition coefficient (Wildman–Crippen LogP) is 2.88. The lowest BCUT2D eigenvalue weighted by Gasteiger charge is -2.05. The average Bonchev–Trinajstić information content (AvgIpc) is 2.95. The molecule has 1 aromatic carbocycles. The van der Waals surface area contributed by atoms with Crippen LogP contribution >= 0.6 is 11.3 Å². The summed E-state index contributed by atoms with van der Waals surface area (Å²) in [4.78, 5) is 28.2. The summed E-state index contributed by atoms with van der Waals surface area (Å²) in [6.07, 6.45) is 5.30. The van der Waals surface area contributed by atoms with E-state index < -0.39 is 0 Å². The standard InChI is InChI=1S/C16H13N3O2S/c1-11(20)17-14-5-3-2-4-12(14)6-7-13-10-15(21)19-8-9-22-16(19)18-13/h2-10H,1H3,(H,17,20). The lowest BCUT2D eigenvalue weighted by atomic mass is 10.1. The quantitative estimate of drug-likeness (QED) is 0.809. The Morgan fingerprint density at radius 1 is 1.32 bits per heavy atom. The highest BCUT2D eigenvalue weighted by molar-refractivity contribution is 7.15. The molecule has 0 unspecified atom stereocenters. The number of carbonyl (C=O) groups is 1. The van der Waals surface area contributed by atoms with Gasteiger partial charge in [-0.3, -0.25) is 14.0 Å². The Hall–Kier alpha value is -2.73. The summed E-state index contributed by atoms with van der Waals surface area (Å²) in [5.74, 6) is -0.128. The van der Waals surface area contributed by atoms with Gasteiger partial charge in [0, 0.05) is 30.3 Å². The zero-order valence-electron chi connectivity index (χ0n) is 11.8. The zero-order valence-corrected chi connectivity index (χ0v) is 12.6. The molecule has 0 fully saturated rings. The first-order valence-electron chi connectivity index (χ1n) is 6.65. The fourth-order valence-corrected chi connectivity index (χ4v) is 2.79. The zero-order chi connectivity index (χ0) is 15.5. The fraction of sp³-hybridized carbons (Fsp3) is 0.0625. The maximum Gasteiger partial charge on any atom is 0.259 e. The molecule has 0 saturated carbocycles. The lowest BCUT2D eigenvalue weighted by molar-refractivity contribution is -0.114. The molecule has 0 bridgehead atoms. The van der Waals surface area contributed by atoms with Crippen molar-refractivity contribution in [2.75, 3.05) is 5.32 Å². The van der Waals surface area contributed by atoms with Gasteiger partial charge in [0.25, 0.3) is 5.56 Å². The van der Waals surface area contributed by atoms with Gasteiger partial charge in [-0.05, 0) is 17.7 Å². The van der Waals surface area contributed by atoms with Crippen molar-refractivity contribution in [3.63, 3.8) is 0 Å². The van der Waals surface area contributed by atoms with E-state index in [2.05, 4.69) is 10.3 Å². The van der Waals surface area contributed by atoms with Crippen LogP contribution in [0.2, 0.25) is 0 Å². The number of para-hydroxylation sites is 1. The second kappa shape index (κ2) is 5.95. The van der Waals surface area contributed by atoms with E-state index in [-0.39, 0.29) is 11.5 Å². The molecule has 6 heteroatoms. The van der Waals surface area contributed by atoms with Gasteiger partial charge in [-0.25, -0.2) is 4.98 Å². The van der Waals surface area contributed by atoms with Crippen LogP contribution < -0.4 is 10.9 Å².